The molecule has 0 amide bonds. The molecule has 96 valence electrons. The van der Waals surface area contributed by atoms with Gasteiger partial charge in [-0.15, -0.1) is 5.10 Å². The highest BCUT2D eigenvalue weighted by Crippen LogP contribution is 2.23. The number of hydrogen-bond acceptors (Lipinski definition) is 4. The second-order valence-electron chi connectivity index (χ2n) is 4.71. The Bertz CT molecular complexity index is 696. The van der Waals surface area contributed by atoms with Gasteiger partial charge in [-0.1, -0.05) is 24.3 Å². The molecule has 2 heterocycles. The van der Waals surface area contributed by atoms with E-state index >= 15 is 0 Å². The number of rotatable bonds is 3. The molecule has 0 saturated heterocycles. The van der Waals surface area contributed by atoms with Crippen LogP contribution in [0.5, 0.6) is 0 Å². The SMILES string of the molecule is CC(C)n1cc(Nc2nncc3ccccc23)cn1. The van der Waals surface area contributed by atoms with E-state index in [1.54, 1.807) is 12.4 Å². The maximum Gasteiger partial charge on any atom is 0.161 e. The van der Waals surface area contributed by atoms with Crippen molar-refractivity contribution >= 4 is 22.3 Å². The molecule has 5 heteroatoms. The van der Waals surface area contributed by atoms with E-state index in [1.807, 2.05) is 35.1 Å². The van der Waals surface area contributed by atoms with E-state index in [0.29, 0.717) is 6.04 Å². The minimum absolute atomic E-state index is 0.342. The van der Waals surface area contributed by atoms with Gasteiger partial charge < -0.3 is 5.32 Å². The molecule has 3 rings (SSSR count). The average molecular weight is 253 g/mol. The number of fused-ring (bicyclic) bond motifs is 1. The first-order chi connectivity index (χ1) is 9.24. The Morgan fingerprint density at radius 2 is 2.00 bits per heavy atom. The van der Waals surface area contributed by atoms with Crippen molar-refractivity contribution in [2.75, 3.05) is 5.32 Å². The van der Waals surface area contributed by atoms with Crippen LogP contribution in [-0.2, 0) is 0 Å². The molecule has 0 aliphatic carbocycles. The van der Waals surface area contributed by atoms with Gasteiger partial charge in [-0.05, 0) is 13.8 Å². The molecule has 0 saturated carbocycles. The lowest BCUT2D eigenvalue weighted by molar-refractivity contribution is 0.532. The fourth-order valence-corrected chi connectivity index (χ4v) is 1.94. The van der Waals surface area contributed by atoms with E-state index in [2.05, 4.69) is 34.5 Å². The van der Waals surface area contributed by atoms with Crippen molar-refractivity contribution in [2.24, 2.45) is 0 Å². The lowest BCUT2D eigenvalue weighted by Crippen LogP contribution is -2.00. The predicted molar refractivity (Wildman–Crippen MR) is 75.4 cm³/mol. The maximum absolute atomic E-state index is 4.30. The molecule has 3 aromatic rings. The van der Waals surface area contributed by atoms with Gasteiger partial charge in [-0.2, -0.15) is 10.2 Å². The molecule has 1 N–H and O–H groups in total. The van der Waals surface area contributed by atoms with Crippen LogP contribution in [0.25, 0.3) is 10.8 Å². The van der Waals surface area contributed by atoms with E-state index in [9.17, 15) is 0 Å². The Kier molecular flexibility index (Phi) is 2.87. The van der Waals surface area contributed by atoms with Crippen molar-refractivity contribution in [3.05, 3.63) is 42.9 Å². The Morgan fingerprint density at radius 1 is 1.16 bits per heavy atom. The summed E-state index contributed by atoms with van der Waals surface area (Å²) in [4.78, 5) is 0. The first-order valence-corrected chi connectivity index (χ1v) is 6.25. The molecular weight excluding hydrogens is 238 g/mol. The fraction of sp³-hybridized carbons (Fsp3) is 0.214. The zero-order valence-electron chi connectivity index (χ0n) is 10.9. The van der Waals surface area contributed by atoms with Gasteiger partial charge >= 0.3 is 0 Å². The highest BCUT2D eigenvalue weighted by Gasteiger charge is 2.06. The van der Waals surface area contributed by atoms with Gasteiger partial charge in [0, 0.05) is 23.0 Å². The molecule has 5 nitrogen and oxygen atoms in total. The van der Waals surface area contributed by atoms with Crippen LogP contribution in [0.4, 0.5) is 11.5 Å². The summed E-state index contributed by atoms with van der Waals surface area (Å²) in [5.41, 5.74) is 0.916. The number of anilines is 2. The van der Waals surface area contributed by atoms with Crippen molar-refractivity contribution in [1.29, 1.82) is 0 Å². The van der Waals surface area contributed by atoms with Crippen molar-refractivity contribution in [1.82, 2.24) is 20.0 Å². The molecule has 0 aliphatic heterocycles. The molecule has 0 bridgehead atoms. The van der Waals surface area contributed by atoms with Crippen LogP contribution >= 0.6 is 0 Å². The maximum atomic E-state index is 4.30. The lowest BCUT2D eigenvalue weighted by atomic mass is 10.2. The van der Waals surface area contributed by atoms with Crippen LogP contribution in [0.15, 0.2) is 42.9 Å². The summed E-state index contributed by atoms with van der Waals surface area (Å²) in [7, 11) is 0. The van der Waals surface area contributed by atoms with E-state index < -0.39 is 0 Å². The predicted octanol–water partition coefficient (Wildman–Crippen LogP) is 3.15. The van der Waals surface area contributed by atoms with Crippen LogP contribution in [0.3, 0.4) is 0 Å². The van der Waals surface area contributed by atoms with Crippen molar-refractivity contribution in [3.8, 4) is 0 Å². The standard InChI is InChI=1S/C14H15N5/c1-10(2)19-9-12(8-16-19)17-14-13-6-4-3-5-11(13)7-15-18-14/h3-10H,1-2H3,(H,17,18). The van der Waals surface area contributed by atoms with Crippen LogP contribution in [0.1, 0.15) is 19.9 Å². The third kappa shape index (κ3) is 2.27. The second kappa shape index (κ2) is 4.68. The van der Waals surface area contributed by atoms with Crippen LogP contribution in [0, 0.1) is 0 Å². The van der Waals surface area contributed by atoms with E-state index in [0.717, 1.165) is 22.3 Å². The highest BCUT2D eigenvalue weighted by atomic mass is 15.3. The summed E-state index contributed by atoms with van der Waals surface area (Å²) in [6.07, 6.45) is 5.52. The minimum Gasteiger partial charge on any atom is -0.336 e. The molecule has 1 aromatic carbocycles. The largest absolute Gasteiger partial charge is 0.336 e. The number of benzene rings is 1. The summed E-state index contributed by atoms with van der Waals surface area (Å²) in [6, 6.07) is 8.37. The summed E-state index contributed by atoms with van der Waals surface area (Å²) >= 11 is 0. The second-order valence-corrected chi connectivity index (χ2v) is 4.71. The number of nitrogens with one attached hydrogen (secondary N) is 1. The summed E-state index contributed by atoms with van der Waals surface area (Å²) < 4.78 is 1.90. The molecule has 0 radical (unpaired) electrons. The Labute approximate surface area is 111 Å². The van der Waals surface area contributed by atoms with Gasteiger partial charge in [0.1, 0.15) is 0 Å². The average Bonchev–Trinajstić information content (AvgIpc) is 2.88. The monoisotopic (exact) mass is 253 g/mol. The first-order valence-electron chi connectivity index (χ1n) is 6.25. The van der Waals surface area contributed by atoms with Gasteiger partial charge in [0.05, 0.1) is 18.1 Å². The van der Waals surface area contributed by atoms with E-state index in [1.165, 1.54) is 0 Å². The quantitative estimate of drug-likeness (QED) is 0.779. The zero-order chi connectivity index (χ0) is 13.2. The molecule has 0 aliphatic rings. The van der Waals surface area contributed by atoms with Gasteiger partial charge in [-0.25, -0.2) is 0 Å². The molecule has 0 spiro atoms. The minimum atomic E-state index is 0.342. The smallest absolute Gasteiger partial charge is 0.161 e. The van der Waals surface area contributed by atoms with Gasteiger partial charge in [0.25, 0.3) is 0 Å². The summed E-state index contributed by atoms with van der Waals surface area (Å²) in [6.45, 7) is 4.18. The van der Waals surface area contributed by atoms with Crippen LogP contribution in [0.2, 0.25) is 0 Å². The molecule has 0 fully saturated rings. The lowest BCUT2D eigenvalue weighted by Gasteiger charge is -2.06. The summed E-state index contributed by atoms with van der Waals surface area (Å²) in [5, 5.41) is 17.8. The Balaban J connectivity index is 1.96. The number of hydrogen-bond donors (Lipinski definition) is 1. The third-order valence-electron chi connectivity index (χ3n) is 2.96. The molecule has 0 unspecified atom stereocenters. The van der Waals surface area contributed by atoms with Gasteiger partial charge in [0.15, 0.2) is 5.82 Å². The molecular formula is C14H15N5. The highest BCUT2D eigenvalue weighted by molar-refractivity contribution is 5.92. The van der Waals surface area contributed by atoms with Crippen molar-refractivity contribution < 1.29 is 0 Å². The number of nitrogens with zero attached hydrogens (tertiary/aromatic N) is 4. The third-order valence-corrected chi connectivity index (χ3v) is 2.96. The summed E-state index contributed by atoms with van der Waals surface area (Å²) in [5.74, 6) is 0.751. The van der Waals surface area contributed by atoms with E-state index in [-0.39, 0.29) is 0 Å². The normalized spacial score (nSPS) is 11.1. The van der Waals surface area contributed by atoms with Crippen LogP contribution < -0.4 is 5.32 Å². The topological polar surface area (TPSA) is 55.6 Å². The van der Waals surface area contributed by atoms with Crippen molar-refractivity contribution in [2.45, 2.75) is 19.9 Å². The molecule has 0 atom stereocenters. The fourth-order valence-electron chi connectivity index (χ4n) is 1.94. The van der Waals surface area contributed by atoms with E-state index in [4.69, 9.17) is 0 Å². The Morgan fingerprint density at radius 3 is 2.79 bits per heavy atom. The Hall–Kier alpha value is -2.43. The molecule has 2 aromatic heterocycles. The zero-order valence-corrected chi connectivity index (χ0v) is 10.9. The van der Waals surface area contributed by atoms with Gasteiger partial charge in [-0.3, -0.25) is 4.68 Å². The van der Waals surface area contributed by atoms with Crippen LogP contribution in [-0.4, -0.2) is 20.0 Å². The molecule has 19 heavy (non-hydrogen) atoms. The van der Waals surface area contributed by atoms with Crippen molar-refractivity contribution in [3.63, 3.8) is 0 Å². The number of aromatic nitrogens is 4. The first kappa shape index (κ1) is 11.6. The van der Waals surface area contributed by atoms with Gasteiger partial charge in [0.2, 0.25) is 0 Å².